The van der Waals surface area contributed by atoms with Crippen LogP contribution in [0.15, 0.2) is 35.7 Å². The second-order valence-corrected chi connectivity index (χ2v) is 7.13. The summed E-state index contributed by atoms with van der Waals surface area (Å²) in [5.41, 5.74) is 7.37. The molecule has 3 N–H and O–H groups in total. The summed E-state index contributed by atoms with van der Waals surface area (Å²) >= 11 is 1.57. The minimum atomic E-state index is -0.323. The zero-order valence-corrected chi connectivity index (χ0v) is 14.2. The maximum absolute atomic E-state index is 12.2. The summed E-state index contributed by atoms with van der Waals surface area (Å²) < 4.78 is 0. The van der Waals surface area contributed by atoms with Crippen LogP contribution in [0.3, 0.4) is 0 Å². The Morgan fingerprint density at radius 1 is 1.25 bits per heavy atom. The molecule has 1 aliphatic carbocycles. The van der Waals surface area contributed by atoms with Crippen molar-refractivity contribution in [3.05, 3.63) is 52.0 Å². The smallest absolute Gasteiger partial charge is 0.226 e. The van der Waals surface area contributed by atoms with Crippen molar-refractivity contribution >= 4 is 23.2 Å². The Hall–Kier alpha value is -2.21. The highest BCUT2D eigenvalue weighted by atomic mass is 32.1. The van der Waals surface area contributed by atoms with E-state index in [1.807, 2.05) is 23.6 Å². The van der Waals surface area contributed by atoms with Crippen molar-refractivity contribution in [2.24, 2.45) is 11.7 Å². The lowest BCUT2D eigenvalue weighted by molar-refractivity contribution is -0.124. The second-order valence-electron chi connectivity index (χ2n) is 6.19. The monoisotopic (exact) mass is 343 g/mol. The third kappa shape index (κ3) is 4.20. The SMILES string of the molecule is NC(=O)[C@H]1CCC[C@@H]1NC(=O)Cc1csc(Cc2ccccc2)n1. The fourth-order valence-electron chi connectivity index (χ4n) is 3.18. The third-order valence-corrected chi connectivity index (χ3v) is 5.26. The first kappa shape index (κ1) is 16.6. The van der Waals surface area contributed by atoms with Crippen LogP contribution in [0.25, 0.3) is 0 Å². The Balaban J connectivity index is 1.54. The van der Waals surface area contributed by atoms with E-state index in [1.165, 1.54) is 5.56 Å². The Kier molecular flexibility index (Phi) is 5.25. The first-order valence-corrected chi connectivity index (χ1v) is 9.05. The normalized spacial score (nSPS) is 20.0. The topological polar surface area (TPSA) is 85.1 Å². The standard InChI is InChI=1S/C18H21N3O2S/c19-18(23)14-7-4-8-15(14)21-16(22)10-13-11-24-17(20-13)9-12-5-2-1-3-6-12/h1-3,5-6,11,14-15H,4,7-10H2,(H2,19,23)(H,21,22)/t14-,15-/m0/s1. The predicted molar refractivity (Wildman–Crippen MR) is 93.5 cm³/mol. The van der Waals surface area contributed by atoms with Gasteiger partial charge in [0.25, 0.3) is 0 Å². The van der Waals surface area contributed by atoms with Gasteiger partial charge in [-0.3, -0.25) is 9.59 Å². The number of primary amides is 1. The fraction of sp³-hybridized carbons (Fsp3) is 0.389. The average molecular weight is 343 g/mol. The van der Waals surface area contributed by atoms with Crippen molar-refractivity contribution in [1.29, 1.82) is 0 Å². The molecule has 0 unspecified atom stereocenters. The number of amides is 2. The van der Waals surface area contributed by atoms with Gasteiger partial charge in [0, 0.05) is 17.8 Å². The van der Waals surface area contributed by atoms with Crippen LogP contribution in [0.4, 0.5) is 0 Å². The van der Waals surface area contributed by atoms with Crippen molar-refractivity contribution in [2.45, 2.75) is 38.1 Å². The molecule has 2 atom stereocenters. The number of carbonyl (C=O) groups excluding carboxylic acids is 2. The van der Waals surface area contributed by atoms with Crippen LogP contribution in [0.2, 0.25) is 0 Å². The summed E-state index contributed by atoms with van der Waals surface area (Å²) in [6.45, 7) is 0. The molecule has 0 saturated heterocycles. The maximum atomic E-state index is 12.2. The molecular weight excluding hydrogens is 322 g/mol. The summed E-state index contributed by atoms with van der Waals surface area (Å²) in [6, 6.07) is 10.0. The maximum Gasteiger partial charge on any atom is 0.226 e. The van der Waals surface area contributed by atoms with Crippen molar-refractivity contribution in [1.82, 2.24) is 10.3 Å². The van der Waals surface area contributed by atoms with Crippen molar-refractivity contribution in [2.75, 3.05) is 0 Å². The van der Waals surface area contributed by atoms with E-state index in [-0.39, 0.29) is 30.2 Å². The fourth-order valence-corrected chi connectivity index (χ4v) is 4.01. The van der Waals surface area contributed by atoms with Crippen molar-refractivity contribution < 1.29 is 9.59 Å². The van der Waals surface area contributed by atoms with Gasteiger partial charge in [-0.25, -0.2) is 4.98 Å². The highest BCUT2D eigenvalue weighted by molar-refractivity contribution is 7.09. The number of aromatic nitrogens is 1. The second kappa shape index (κ2) is 7.57. The van der Waals surface area contributed by atoms with E-state index in [0.29, 0.717) is 0 Å². The van der Waals surface area contributed by atoms with E-state index >= 15 is 0 Å². The third-order valence-electron chi connectivity index (χ3n) is 4.37. The molecule has 2 aromatic rings. The molecule has 126 valence electrons. The molecule has 0 spiro atoms. The number of hydrogen-bond acceptors (Lipinski definition) is 4. The van der Waals surface area contributed by atoms with E-state index < -0.39 is 0 Å². The lowest BCUT2D eigenvalue weighted by Crippen LogP contribution is -2.42. The van der Waals surface area contributed by atoms with E-state index in [1.54, 1.807) is 11.3 Å². The molecule has 1 fully saturated rings. The van der Waals surface area contributed by atoms with Crippen LogP contribution in [0.5, 0.6) is 0 Å². The number of nitrogens with zero attached hydrogens (tertiary/aromatic N) is 1. The highest BCUT2D eigenvalue weighted by Crippen LogP contribution is 2.25. The largest absolute Gasteiger partial charge is 0.369 e. The van der Waals surface area contributed by atoms with E-state index in [9.17, 15) is 9.59 Å². The van der Waals surface area contributed by atoms with Gasteiger partial charge in [-0.2, -0.15) is 0 Å². The van der Waals surface area contributed by atoms with Gasteiger partial charge in [0.15, 0.2) is 0 Å². The lowest BCUT2D eigenvalue weighted by Gasteiger charge is -2.17. The van der Waals surface area contributed by atoms with Gasteiger partial charge in [-0.05, 0) is 18.4 Å². The number of carbonyl (C=O) groups is 2. The number of hydrogen-bond donors (Lipinski definition) is 2. The molecule has 3 rings (SSSR count). The summed E-state index contributed by atoms with van der Waals surface area (Å²) in [5, 5.41) is 5.87. The Morgan fingerprint density at radius 3 is 2.79 bits per heavy atom. The van der Waals surface area contributed by atoms with Gasteiger partial charge in [0.2, 0.25) is 11.8 Å². The van der Waals surface area contributed by atoms with Crippen LogP contribution in [0, 0.1) is 5.92 Å². The van der Waals surface area contributed by atoms with Crippen LogP contribution >= 0.6 is 11.3 Å². The first-order chi connectivity index (χ1) is 11.6. The molecular formula is C18H21N3O2S. The molecule has 24 heavy (non-hydrogen) atoms. The Bertz CT molecular complexity index is 714. The van der Waals surface area contributed by atoms with Gasteiger partial charge in [-0.1, -0.05) is 36.8 Å². The molecule has 5 nitrogen and oxygen atoms in total. The lowest BCUT2D eigenvalue weighted by atomic mass is 10.0. The molecule has 1 heterocycles. The van der Waals surface area contributed by atoms with Crippen molar-refractivity contribution in [3.8, 4) is 0 Å². The van der Waals surface area contributed by atoms with Crippen LogP contribution in [-0.4, -0.2) is 22.8 Å². The highest BCUT2D eigenvalue weighted by Gasteiger charge is 2.32. The summed E-state index contributed by atoms with van der Waals surface area (Å²) in [5.74, 6) is -0.653. The first-order valence-electron chi connectivity index (χ1n) is 8.17. The minimum Gasteiger partial charge on any atom is -0.369 e. The number of rotatable bonds is 6. The number of nitrogens with one attached hydrogen (secondary N) is 1. The molecule has 0 radical (unpaired) electrons. The molecule has 0 bridgehead atoms. The van der Waals surface area contributed by atoms with Gasteiger partial charge < -0.3 is 11.1 Å². The molecule has 1 aromatic heterocycles. The summed E-state index contributed by atoms with van der Waals surface area (Å²) in [7, 11) is 0. The molecule has 2 amide bonds. The minimum absolute atomic E-state index is 0.0929. The summed E-state index contributed by atoms with van der Waals surface area (Å²) in [4.78, 5) is 28.1. The Morgan fingerprint density at radius 2 is 2.04 bits per heavy atom. The quantitative estimate of drug-likeness (QED) is 0.842. The number of benzene rings is 1. The molecule has 1 aromatic carbocycles. The summed E-state index contributed by atoms with van der Waals surface area (Å²) in [6.07, 6.45) is 3.52. The predicted octanol–water partition coefficient (Wildman–Crippen LogP) is 2.05. The molecule has 1 saturated carbocycles. The van der Waals surface area contributed by atoms with Gasteiger partial charge in [0.1, 0.15) is 0 Å². The number of thiazole rings is 1. The van der Waals surface area contributed by atoms with Gasteiger partial charge in [0.05, 0.1) is 23.0 Å². The van der Waals surface area contributed by atoms with E-state index in [2.05, 4.69) is 22.4 Å². The van der Waals surface area contributed by atoms with Crippen LogP contribution in [-0.2, 0) is 22.4 Å². The number of nitrogens with two attached hydrogens (primary N) is 1. The molecule has 6 heteroatoms. The van der Waals surface area contributed by atoms with E-state index in [0.717, 1.165) is 36.4 Å². The zero-order valence-electron chi connectivity index (χ0n) is 13.4. The zero-order chi connectivity index (χ0) is 16.9. The average Bonchev–Trinajstić information content (AvgIpc) is 3.18. The molecule has 0 aliphatic heterocycles. The van der Waals surface area contributed by atoms with Gasteiger partial charge >= 0.3 is 0 Å². The van der Waals surface area contributed by atoms with Gasteiger partial charge in [-0.15, -0.1) is 11.3 Å². The van der Waals surface area contributed by atoms with E-state index in [4.69, 9.17) is 5.73 Å². The van der Waals surface area contributed by atoms with Crippen molar-refractivity contribution in [3.63, 3.8) is 0 Å². The van der Waals surface area contributed by atoms with Crippen LogP contribution < -0.4 is 11.1 Å². The Labute approximate surface area is 145 Å². The van der Waals surface area contributed by atoms with Crippen LogP contribution in [0.1, 0.15) is 35.5 Å². The molecule has 1 aliphatic rings.